The van der Waals surface area contributed by atoms with Crippen molar-refractivity contribution >= 4 is 15.9 Å². The molecule has 2 bridgehead atoms. The Hall–Kier alpha value is -2.38. The van der Waals surface area contributed by atoms with Crippen molar-refractivity contribution in [3.05, 3.63) is 65.7 Å². The van der Waals surface area contributed by atoms with Crippen molar-refractivity contribution in [3.63, 3.8) is 0 Å². The van der Waals surface area contributed by atoms with Gasteiger partial charge in [0.05, 0.1) is 6.26 Å². The number of amides is 1. The monoisotopic (exact) mass is 442 g/mol. The van der Waals surface area contributed by atoms with Gasteiger partial charge in [0.15, 0.2) is 0 Å². The van der Waals surface area contributed by atoms with E-state index in [-0.39, 0.29) is 24.0 Å². The van der Waals surface area contributed by atoms with Crippen molar-refractivity contribution in [2.24, 2.45) is 0 Å². The van der Waals surface area contributed by atoms with Gasteiger partial charge < -0.3 is 10.1 Å². The Labute approximate surface area is 184 Å². The standard InChI is InChI=1S/C24H30N2O4S/c1-31(28,29)26-21-11-12-22(26)16-20(15-21)25-24(27)13-10-18-8-5-9-23(14-18)30-17-19-6-3-2-4-7-19/h2-9,14,20-22H,10-13,15-17H2,1H3,(H,25,27)/t21-,22-/m0/s1. The van der Waals surface area contributed by atoms with Crippen molar-refractivity contribution in [2.45, 2.75) is 63.3 Å². The Kier molecular flexibility index (Phi) is 6.62. The maximum atomic E-state index is 12.5. The molecule has 2 fully saturated rings. The first kappa shape index (κ1) is 21.8. The Morgan fingerprint density at radius 2 is 1.71 bits per heavy atom. The van der Waals surface area contributed by atoms with Gasteiger partial charge in [0.2, 0.25) is 15.9 Å². The molecule has 0 radical (unpaired) electrons. The number of benzene rings is 2. The summed E-state index contributed by atoms with van der Waals surface area (Å²) in [6.45, 7) is 0.513. The van der Waals surface area contributed by atoms with Gasteiger partial charge in [-0.25, -0.2) is 8.42 Å². The van der Waals surface area contributed by atoms with Crippen LogP contribution in [-0.2, 0) is 27.8 Å². The van der Waals surface area contributed by atoms with Crippen LogP contribution in [0, 0.1) is 0 Å². The van der Waals surface area contributed by atoms with Crippen LogP contribution in [-0.4, -0.2) is 43.0 Å². The quantitative estimate of drug-likeness (QED) is 0.681. The zero-order valence-electron chi connectivity index (χ0n) is 17.9. The Balaban J connectivity index is 1.25. The van der Waals surface area contributed by atoms with E-state index in [1.165, 1.54) is 6.26 Å². The summed E-state index contributed by atoms with van der Waals surface area (Å²) in [6, 6.07) is 18.0. The topological polar surface area (TPSA) is 75.7 Å². The molecule has 166 valence electrons. The van der Waals surface area contributed by atoms with Gasteiger partial charge in [0.1, 0.15) is 12.4 Å². The molecule has 1 amide bonds. The fourth-order valence-electron chi connectivity index (χ4n) is 4.88. The zero-order chi connectivity index (χ0) is 21.8. The van der Waals surface area contributed by atoms with Crippen LogP contribution in [0.4, 0.5) is 0 Å². The number of nitrogens with one attached hydrogen (secondary N) is 1. The molecule has 0 aromatic heterocycles. The van der Waals surface area contributed by atoms with E-state index in [2.05, 4.69) is 5.32 Å². The molecule has 1 N–H and O–H groups in total. The molecule has 6 nitrogen and oxygen atoms in total. The molecule has 2 aliphatic rings. The van der Waals surface area contributed by atoms with E-state index in [1.807, 2.05) is 54.6 Å². The second kappa shape index (κ2) is 9.40. The summed E-state index contributed by atoms with van der Waals surface area (Å²) in [6.07, 6.45) is 5.53. The number of piperidine rings is 1. The SMILES string of the molecule is CS(=O)(=O)N1[C@H]2CC[C@H]1CC(NC(=O)CCc1cccc(OCc3ccccc3)c1)C2. The highest BCUT2D eigenvalue weighted by Crippen LogP contribution is 2.37. The second-order valence-corrected chi connectivity index (χ2v) is 10.5. The normalized spacial score (nSPS) is 23.5. The lowest BCUT2D eigenvalue weighted by Gasteiger charge is -2.37. The minimum Gasteiger partial charge on any atom is -0.489 e. The zero-order valence-corrected chi connectivity index (χ0v) is 18.7. The van der Waals surface area contributed by atoms with Crippen molar-refractivity contribution < 1.29 is 17.9 Å². The lowest BCUT2D eigenvalue weighted by atomic mass is 9.99. The molecule has 4 rings (SSSR count). The molecule has 2 aromatic carbocycles. The van der Waals surface area contributed by atoms with Gasteiger partial charge in [0, 0.05) is 24.5 Å². The lowest BCUT2D eigenvalue weighted by Crippen LogP contribution is -2.52. The van der Waals surface area contributed by atoms with Crippen molar-refractivity contribution in [1.82, 2.24) is 9.62 Å². The summed E-state index contributed by atoms with van der Waals surface area (Å²) in [7, 11) is -3.18. The molecule has 2 saturated heterocycles. The van der Waals surface area contributed by atoms with E-state index in [1.54, 1.807) is 4.31 Å². The largest absolute Gasteiger partial charge is 0.489 e. The minimum atomic E-state index is -3.18. The molecular formula is C24H30N2O4S. The smallest absolute Gasteiger partial charge is 0.220 e. The summed E-state index contributed by atoms with van der Waals surface area (Å²) < 4.78 is 31.6. The molecule has 2 atom stereocenters. The van der Waals surface area contributed by atoms with Crippen molar-refractivity contribution in [2.75, 3.05) is 6.26 Å². The first-order chi connectivity index (χ1) is 14.9. The van der Waals surface area contributed by atoms with Crippen molar-refractivity contribution in [1.29, 1.82) is 0 Å². The van der Waals surface area contributed by atoms with Crippen LogP contribution in [0.15, 0.2) is 54.6 Å². The number of aryl methyl sites for hydroxylation is 1. The van der Waals surface area contributed by atoms with Crippen LogP contribution in [0.2, 0.25) is 0 Å². The number of hydrogen-bond acceptors (Lipinski definition) is 4. The van der Waals surface area contributed by atoms with E-state index in [9.17, 15) is 13.2 Å². The highest BCUT2D eigenvalue weighted by atomic mass is 32.2. The first-order valence-corrected chi connectivity index (χ1v) is 12.8. The highest BCUT2D eigenvalue weighted by Gasteiger charge is 2.45. The Morgan fingerprint density at radius 1 is 1.03 bits per heavy atom. The summed E-state index contributed by atoms with van der Waals surface area (Å²) >= 11 is 0. The third kappa shape index (κ3) is 5.66. The highest BCUT2D eigenvalue weighted by molar-refractivity contribution is 7.88. The van der Waals surface area contributed by atoms with Crippen LogP contribution in [0.5, 0.6) is 5.75 Å². The second-order valence-electron chi connectivity index (χ2n) is 8.64. The number of rotatable bonds is 8. The number of fused-ring (bicyclic) bond motifs is 2. The molecule has 0 aliphatic carbocycles. The number of carbonyl (C=O) groups excluding carboxylic acids is 1. The number of hydrogen-bond donors (Lipinski definition) is 1. The Bertz CT molecular complexity index is 995. The van der Waals surface area contributed by atoms with Gasteiger partial charge in [-0.1, -0.05) is 42.5 Å². The number of nitrogens with zero attached hydrogens (tertiary/aromatic N) is 1. The van der Waals surface area contributed by atoms with Gasteiger partial charge in [-0.15, -0.1) is 0 Å². The van der Waals surface area contributed by atoms with Crippen LogP contribution >= 0.6 is 0 Å². The molecule has 2 aliphatic heterocycles. The number of ether oxygens (including phenoxy) is 1. The molecule has 7 heteroatoms. The lowest BCUT2D eigenvalue weighted by molar-refractivity contribution is -0.122. The maximum absolute atomic E-state index is 12.5. The fourth-order valence-corrected chi connectivity index (χ4v) is 6.35. The fraction of sp³-hybridized carbons (Fsp3) is 0.458. The van der Waals surface area contributed by atoms with E-state index < -0.39 is 10.0 Å². The molecule has 0 unspecified atom stereocenters. The summed E-state index contributed by atoms with van der Waals surface area (Å²) in [4.78, 5) is 12.5. The van der Waals surface area contributed by atoms with Gasteiger partial charge in [0.25, 0.3) is 0 Å². The summed E-state index contributed by atoms with van der Waals surface area (Å²) in [5.41, 5.74) is 2.18. The average Bonchev–Trinajstić information content (AvgIpc) is 3.04. The molecular weight excluding hydrogens is 412 g/mol. The number of sulfonamides is 1. The van der Waals surface area contributed by atoms with Crippen LogP contribution in [0.25, 0.3) is 0 Å². The third-order valence-corrected chi connectivity index (χ3v) is 7.56. The molecule has 0 saturated carbocycles. The van der Waals surface area contributed by atoms with Gasteiger partial charge in [-0.3, -0.25) is 4.79 Å². The summed E-state index contributed by atoms with van der Waals surface area (Å²) in [5, 5.41) is 3.13. The number of carbonyl (C=O) groups is 1. The van der Waals surface area contributed by atoms with Crippen molar-refractivity contribution in [3.8, 4) is 5.75 Å². The van der Waals surface area contributed by atoms with E-state index in [0.717, 1.165) is 29.7 Å². The van der Waals surface area contributed by atoms with Gasteiger partial charge >= 0.3 is 0 Å². The van der Waals surface area contributed by atoms with E-state index in [4.69, 9.17) is 4.74 Å². The molecule has 31 heavy (non-hydrogen) atoms. The summed E-state index contributed by atoms with van der Waals surface area (Å²) in [5.74, 6) is 0.819. The third-order valence-electron chi connectivity index (χ3n) is 6.20. The maximum Gasteiger partial charge on any atom is 0.220 e. The van der Waals surface area contributed by atoms with E-state index >= 15 is 0 Å². The molecule has 2 aromatic rings. The van der Waals surface area contributed by atoms with Crippen LogP contribution < -0.4 is 10.1 Å². The van der Waals surface area contributed by atoms with Gasteiger partial charge in [-0.2, -0.15) is 4.31 Å². The predicted molar refractivity (Wildman–Crippen MR) is 120 cm³/mol. The molecule has 0 spiro atoms. The average molecular weight is 443 g/mol. The minimum absolute atomic E-state index is 0.0211. The van der Waals surface area contributed by atoms with E-state index in [0.29, 0.717) is 32.3 Å². The predicted octanol–water partition coefficient (Wildman–Crippen LogP) is 3.27. The van der Waals surface area contributed by atoms with Crippen LogP contribution in [0.1, 0.15) is 43.2 Å². The Morgan fingerprint density at radius 3 is 2.39 bits per heavy atom. The van der Waals surface area contributed by atoms with Gasteiger partial charge in [-0.05, 0) is 55.4 Å². The molecule has 2 heterocycles. The van der Waals surface area contributed by atoms with Crippen LogP contribution in [0.3, 0.4) is 0 Å². The first-order valence-electron chi connectivity index (χ1n) is 10.9.